The van der Waals surface area contributed by atoms with E-state index in [2.05, 4.69) is 0 Å². The Morgan fingerprint density at radius 1 is 1.05 bits per heavy atom. The van der Waals surface area contributed by atoms with Gasteiger partial charge in [0.2, 0.25) is 0 Å². The van der Waals surface area contributed by atoms with Gasteiger partial charge >= 0.3 is 0 Å². The second kappa shape index (κ2) is 6.34. The number of methoxy groups -OCH3 is 1. The Labute approximate surface area is 115 Å². The molecule has 0 aromatic heterocycles. The third-order valence-corrected chi connectivity index (χ3v) is 2.80. The molecule has 0 spiro atoms. The van der Waals surface area contributed by atoms with Gasteiger partial charge in [-0.25, -0.2) is 8.78 Å². The Balaban J connectivity index is 2.19. The van der Waals surface area contributed by atoms with E-state index in [-0.39, 0.29) is 19.0 Å². The van der Waals surface area contributed by atoms with Gasteiger partial charge in [0.1, 0.15) is 18.2 Å². The number of hydrogen-bond donors (Lipinski definition) is 1. The number of hydrogen-bond acceptors (Lipinski definition) is 3. The maximum absolute atomic E-state index is 13.4. The van der Waals surface area contributed by atoms with Crippen molar-refractivity contribution in [2.24, 2.45) is 0 Å². The van der Waals surface area contributed by atoms with Gasteiger partial charge in [-0.15, -0.1) is 0 Å². The van der Waals surface area contributed by atoms with Crippen molar-refractivity contribution in [3.8, 4) is 11.5 Å². The molecule has 0 radical (unpaired) electrons. The maximum Gasteiger partial charge on any atom is 0.165 e. The fourth-order valence-corrected chi connectivity index (χ4v) is 1.79. The Bertz CT molecular complexity index is 600. The number of ether oxygens (including phenoxy) is 2. The summed E-state index contributed by atoms with van der Waals surface area (Å²) in [6.07, 6.45) is 0. The van der Waals surface area contributed by atoms with Crippen molar-refractivity contribution >= 4 is 0 Å². The molecule has 3 nitrogen and oxygen atoms in total. The number of benzene rings is 2. The lowest BCUT2D eigenvalue weighted by Gasteiger charge is -2.12. The first-order chi connectivity index (χ1) is 9.63. The highest BCUT2D eigenvalue weighted by Crippen LogP contribution is 2.24. The minimum absolute atomic E-state index is 0.0113. The van der Waals surface area contributed by atoms with Crippen LogP contribution in [0.15, 0.2) is 36.4 Å². The van der Waals surface area contributed by atoms with E-state index in [4.69, 9.17) is 14.6 Å². The zero-order chi connectivity index (χ0) is 14.5. The molecule has 2 rings (SSSR count). The van der Waals surface area contributed by atoms with Crippen molar-refractivity contribution in [1.29, 1.82) is 0 Å². The van der Waals surface area contributed by atoms with E-state index < -0.39 is 11.6 Å². The van der Waals surface area contributed by atoms with Gasteiger partial charge in [-0.1, -0.05) is 6.07 Å². The molecule has 0 bridgehead atoms. The predicted molar refractivity (Wildman–Crippen MR) is 69.6 cm³/mol. The third-order valence-electron chi connectivity index (χ3n) is 2.80. The van der Waals surface area contributed by atoms with Gasteiger partial charge in [-0.05, 0) is 29.8 Å². The SMILES string of the molecule is COc1ccc(CO)cc1COc1cc(F)ccc1F. The fraction of sp³-hybridized carbons (Fsp3) is 0.200. The lowest BCUT2D eigenvalue weighted by Crippen LogP contribution is -2.01. The zero-order valence-electron chi connectivity index (χ0n) is 10.9. The Morgan fingerprint density at radius 3 is 2.55 bits per heavy atom. The minimum Gasteiger partial charge on any atom is -0.496 e. The molecular formula is C15H14F2O3. The van der Waals surface area contributed by atoms with Crippen LogP contribution in [0.25, 0.3) is 0 Å². The lowest BCUT2D eigenvalue weighted by molar-refractivity contribution is 0.274. The predicted octanol–water partition coefficient (Wildman–Crippen LogP) is 3.04. The molecule has 5 heteroatoms. The van der Waals surface area contributed by atoms with Gasteiger partial charge < -0.3 is 14.6 Å². The molecule has 0 aliphatic carbocycles. The molecule has 2 aromatic carbocycles. The van der Waals surface area contributed by atoms with Crippen LogP contribution in [0.1, 0.15) is 11.1 Å². The molecule has 2 aromatic rings. The van der Waals surface area contributed by atoms with Gasteiger partial charge in [-0.2, -0.15) is 0 Å². The molecule has 0 unspecified atom stereocenters. The molecule has 106 valence electrons. The Morgan fingerprint density at radius 2 is 1.85 bits per heavy atom. The standard InChI is InChI=1S/C15H14F2O3/c1-19-14-5-2-10(8-18)6-11(14)9-20-15-7-12(16)3-4-13(15)17/h2-7,18H,8-9H2,1H3. The molecule has 0 atom stereocenters. The van der Waals surface area contributed by atoms with Crippen LogP contribution in [0.4, 0.5) is 8.78 Å². The van der Waals surface area contributed by atoms with Gasteiger partial charge in [0.05, 0.1) is 13.7 Å². The van der Waals surface area contributed by atoms with Crippen LogP contribution in [-0.4, -0.2) is 12.2 Å². The van der Waals surface area contributed by atoms with E-state index in [9.17, 15) is 8.78 Å². The van der Waals surface area contributed by atoms with Crippen LogP contribution in [0.5, 0.6) is 11.5 Å². The van der Waals surface area contributed by atoms with E-state index in [1.165, 1.54) is 7.11 Å². The zero-order valence-corrected chi connectivity index (χ0v) is 10.9. The quantitative estimate of drug-likeness (QED) is 0.915. The van der Waals surface area contributed by atoms with Gasteiger partial charge in [-0.3, -0.25) is 0 Å². The smallest absolute Gasteiger partial charge is 0.165 e. The van der Waals surface area contributed by atoms with E-state index in [1.807, 2.05) is 0 Å². The molecule has 0 fully saturated rings. The first-order valence-corrected chi connectivity index (χ1v) is 5.98. The molecule has 0 aliphatic heterocycles. The highest BCUT2D eigenvalue weighted by Gasteiger charge is 2.09. The molecule has 0 amide bonds. The summed E-state index contributed by atoms with van der Waals surface area (Å²) in [4.78, 5) is 0. The molecule has 0 saturated carbocycles. The highest BCUT2D eigenvalue weighted by atomic mass is 19.1. The summed E-state index contributed by atoms with van der Waals surface area (Å²) in [6, 6.07) is 8.10. The molecule has 0 aliphatic rings. The van der Waals surface area contributed by atoms with Crippen LogP contribution in [0.2, 0.25) is 0 Å². The molecule has 1 N–H and O–H groups in total. The summed E-state index contributed by atoms with van der Waals surface area (Å²) < 4.78 is 36.9. The topological polar surface area (TPSA) is 38.7 Å². The first-order valence-electron chi connectivity index (χ1n) is 5.98. The first kappa shape index (κ1) is 14.3. The average Bonchev–Trinajstić information content (AvgIpc) is 2.47. The van der Waals surface area contributed by atoms with Crippen LogP contribution in [-0.2, 0) is 13.2 Å². The number of aliphatic hydroxyl groups excluding tert-OH is 1. The van der Waals surface area contributed by atoms with Crippen LogP contribution in [0, 0.1) is 11.6 Å². The van der Waals surface area contributed by atoms with E-state index in [1.54, 1.807) is 18.2 Å². The van der Waals surface area contributed by atoms with E-state index in [0.29, 0.717) is 16.9 Å². The summed E-state index contributed by atoms with van der Waals surface area (Å²) in [6.45, 7) is -0.108. The second-order valence-corrected chi connectivity index (χ2v) is 4.17. The van der Waals surface area contributed by atoms with Gasteiger partial charge in [0.25, 0.3) is 0 Å². The van der Waals surface area contributed by atoms with E-state index >= 15 is 0 Å². The summed E-state index contributed by atoms with van der Waals surface area (Å²) in [5.41, 5.74) is 1.33. The second-order valence-electron chi connectivity index (χ2n) is 4.17. The third kappa shape index (κ3) is 3.24. The van der Waals surface area contributed by atoms with Crippen LogP contribution < -0.4 is 9.47 Å². The molecular weight excluding hydrogens is 266 g/mol. The number of halogens is 2. The summed E-state index contributed by atoms with van der Waals surface area (Å²) in [5, 5.41) is 9.10. The molecule has 0 heterocycles. The summed E-state index contributed by atoms with van der Waals surface area (Å²) in [7, 11) is 1.50. The van der Waals surface area contributed by atoms with Crippen molar-refractivity contribution < 1.29 is 23.4 Å². The average molecular weight is 280 g/mol. The van der Waals surface area contributed by atoms with Gasteiger partial charge in [0.15, 0.2) is 11.6 Å². The van der Waals surface area contributed by atoms with Crippen LogP contribution >= 0.6 is 0 Å². The Kier molecular flexibility index (Phi) is 4.53. The summed E-state index contributed by atoms with van der Waals surface area (Å²) >= 11 is 0. The van der Waals surface area contributed by atoms with Gasteiger partial charge in [0, 0.05) is 11.6 Å². The Hall–Kier alpha value is -2.14. The monoisotopic (exact) mass is 280 g/mol. The van der Waals surface area contributed by atoms with E-state index in [0.717, 1.165) is 18.2 Å². The lowest BCUT2D eigenvalue weighted by atomic mass is 10.1. The summed E-state index contributed by atoms with van der Waals surface area (Å²) in [5.74, 6) is -0.818. The maximum atomic E-state index is 13.4. The van der Waals surface area contributed by atoms with Crippen molar-refractivity contribution in [3.05, 3.63) is 59.2 Å². The number of aliphatic hydroxyl groups is 1. The number of rotatable bonds is 5. The fourth-order valence-electron chi connectivity index (χ4n) is 1.79. The van der Waals surface area contributed by atoms with Crippen LogP contribution in [0.3, 0.4) is 0 Å². The minimum atomic E-state index is -0.635. The van der Waals surface area contributed by atoms with Crippen molar-refractivity contribution in [1.82, 2.24) is 0 Å². The molecule has 0 saturated heterocycles. The molecule has 20 heavy (non-hydrogen) atoms. The van der Waals surface area contributed by atoms with Crippen molar-refractivity contribution in [3.63, 3.8) is 0 Å². The van der Waals surface area contributed by atoms with Crippen molar-refractivity contribution in [2.75, 3.05) is 7.11 Å². The largest absolute Gasteiger partial charge is 0.496 e. The van der Waals surface area contributed by atoms with Crippen molar-refractivity contribution in [2.45, 2.75) is 13.2 Å². The highest BCUT2D eigenvalue weighted by molar-refractivity contribution is 5.37. The normalized spacial score (nSPS) is 10.4.